The first-order valence-corrected chi connectivity index (χ1v) is 7.83. The van der Waals surface area contributed by atoms with Crippen LogP contribution in [0.2, 0.25) is 0 Å². The molecular weight excluding hydrogens is 299 g/mol. The highest BCUT2D eigenvalue weighted by atomic mass is 32.2. The quantitative estimate of drug-likeness (QED) is 0.826. The zero-order valence-corrected chi connectivity index (χ0v) is 12.4. The second-order valence-corrected chi connectivity index (χ2v) is 6.66. The molecule has 1 N–H and O–H groups in total. The second-order valence-electron chi connectivity index (χ2n) is 4.80. The normalized spacial score (nSPS) is 20.4. The van der Waals surface area contributed by atoms with Crippen molar-refractivity contribution < 1.29 is 22.4 Å². The summed E-state index contributed by atoms with van der Waals surface area (Å²) in [6, 6.07) is 2.33. The molecule has 6 nitrogen and oxygen atoms in total. The number of sulfonamides is 1. The molecule has 1 unspecified atom stereocenters. The highest BCUT2D eigenvalue weighted by Gasteiger charge is 2.40. The predicted octanol–water partition coefficient (Wildman–Crippen LogP) is 0.560. The summed E-state index contributed by atoms with van der Waals surface area (Å²) in [7, 11) is -4.05. The first-order chi connectivity index (χ1) is 9.77. The number of nitrogens with one attached hydrogen (secondary N) is 1. The van der Waals surface area contributed by atoms with Crippen molar-refractivity contribution in [2.75, 3.05) is 6.54 Å². The molecule has 0 spiro atoms. The second kappa shape index (κ2) is 5.53. The summed E-state index contributed by atoms with van der Waals surface area (Å²) < 4.78 is 39.3. The molecule has 1 atom stereocenters. The molecule has 2 amide bonds. The van der Waals surface area contributed by atoms with E-state index in [1.165, 1.54) is 6.92 Å². The Kier molecular flexibility index (Phi) is 4.11. The van der Waals surface area contributed by atoms with Gasteiger partial charge in [-0.15, -0.1) is 0 Å². The van der Waals surface area contributed by atoms with Crippen molar-refractivity contribution in [1.82, 2.24) is 9.62 Å². The van der Waals surface area contributed by atoms with Gasteiger partial charge in [0, 0.05) is 0 Å². The summed E-state index contributed by atoms with van der Waals surface area (Å²) in [4.78, 5) is 23.1. The minimum absolute atomic E-state index is 0.107. The Balaban J connectivity index is 2.50. The SMILES string of the molecule is CCC1C(=O)NC(=O)CN1S(=O)(=O)c1ccc(F)cc1C. The van der Waals surface area contributed by atoms with Gasteiger partial charge in [-0.25, -0.2) is 12.8 Å². The van der Waals surface area contributed by atoms with Crippen molar-refractivity contribution in [3.63, 3.8) is 0 Å². The van der Waals surface area contributed by atoms with E-state index in [-0.39, 0.29) is 16.9 Å². The number of benzene rings is 1. The van der Waals surface area contributed by atoms with Crippen molar-refractivity contribution in [3.05, 3.63) is 29.6 Å². The number of nitrogens with zero attached hydrogens (tertiary/aromatic N) is 1. The summed E-state index contributed by atoms with van der Waals surface area (Å²) in [5.74, 6) is -1.86. The first kappa shape index (κ1) is 15.6. The van der Waals surface area contributed by atoms with Gasteiger partial charge in [0.1, 0.15) is 11.9 Å². The standard InChI is InChI=1S/C13H15FN2O4S/c1-3-10-13(18)15-12(17)7-16(10)21(19,20)11-5-4-9(14)6-8(11)2/h4-6,10H,3,7H2,1-2H3,(H,15,17,18). The number of piperazine rings is 1. The van der Waals surface area contributed by atoms with Crippen LogP contribution in [0.15, 0.2) is 23.1 Å². The van der Waals surface area contributed by atoms with Crippen LogP contribution in [0.5, 0.6) is 0 Å². The van der Waals surface area contributed by atoms with Crippen molar-refractivity contribution in [3.8, 4) is 0 Å². The van der Waals surface area contributed by atoms with Crippen molar-refractivity contribution in [1.29, 1.82) is 0 Å². The van der Waals surface area contributed by atoms with E-state index in [4.69, 9.17) is 0 Å². The zero-order valence-electron chi connectivity index (χ0n) is 11.6. The predicted molar refractivity (Wildman–Crippen MR) is 72.3 cm³/mol. The summed E-state index contributed by atoms with van der Waals surface area (Å²) in [5.41, 5.74) is 0.225. The fraction of sp³-hybridized carbons (Fsp3) is 0.385. The molecule has 1 fully saturated rings. The first-order valence-electron chi connectivity index (χ1n) is 6.39. The molecule has 8 heteroatoms. The van der Waals surface area contributed by atoms with E-state index in [9.17, 15) is 22.4 Å². The fourth-order valence-electron chi connectivity index (χ4n) is 2.31. The van der Waals surface area contributed by atoms with Crippen LogP contribution < -0.4 is 5.32 Å². The van der Waals surface area contributed by atoms with Crippen molar-refractivity contribution >= 4 is 21.8 Å². The molecule has 1 aromatic rings. The number of imide groups is 1. The van der Waals surface area contributed by atoms with Crippen LogP contribution in [-0.2, 0) is 19.6 Å². The average molecular weight is 314 g/mol. The summed E-state index contributed by atoms with van der Waals surface area (Å²) in [6.45, 7) is 2.69. The Bertz CT molecular complexity index is 702. The topological polar surface area (TPSA) is 83.6 Å². The van der Waals surface area contributed by atoms with Crippen molar-refractivity contribution in [2.24, 2.45) is 0 Å². The van der Waals surface area contributed by atoms with Gasteiger partial charge in [-0.3, -0.25) is 14.9 Å². The van der Waals surface area contributed by atoms with E-state index >= 15 is 0 Å². The molecule has 1 heterocycles. The molecule has 0 aliphatic carbocycles. The van der Waals surface area contributed by atoms with Crippen LogP contribution in [0, 0.1) is 12.7 Å². The number of carbonyl (C=O) groups is 2. The Morgan fingerprint density at radius 2 is 2.05 bits per heavy atom. The van der Waals surface area contributed by atoms with E-state index in [2.05, 4.69) is 5.32 Å². The van der Waals surface area contributed by atoms with Crippen LogP contribution in [0.1, 0.15) is 18.9 Å². The summed E-state index contributed by atoms with van der Waals surface area (Å²) in [5, 5.41) is 2.11. The molecule has 1 aliphatic heterocycles. The van der Waals surface area contributed by atoms with E-state index < -0.39 is 40.2 Å². The van der Waals surface area contributed by atoms with Gasteiger partial charge in [0.25, 0.3) is 0 Å². The maximum atomic E-state index is 13.1. The molecule has 2 rings (SSSR count). The highest BCUT2D eigenvalue weighted by Crippen LogP contribution is 2.24. The van der Waals surface area contributed by atoms with E-state index in [0.29, 0.717) is 0 Å². The Hall–Kier alpha value is -1.80. The number of hydrogen-bond donors (Lipinski definition) is 1. The summed E-state index contributed by atoms with van der Waals surface area (Å²) >= 11 is 0. The molecule has 0 radical (unpaired) electrons. The monoisotopic (exact) mass is 314 g/mol. The van der Waals surface area contributed by atoms with E-state index in [1.807, 2.05) is 0 Å². The molecule has 0 saturated carbocycles. The fourth-order valence-corrected chi connectivity index (χ4v) is 4.14. The van der Waals surface area contributed by atoms with Crippen LogP contribution in [0.3, 0.4) is 0 Å². The average Bonchev–Trinajstić information content (AvgIpc) is 2.37. The number of hydrogen-bond acceptors (Lipinski definition) is 4. The molecule has 1 aliphatic rings. The Morgan fingerprint density at radius 3 is 2.62 bits per heavy atom. The van der Waals surface area contributed by atoms with Crippen LogP contribution in [-0.4, -0.2) is 37.1 Å². The van der Waals surface area contributed by atoms with E-state index in [1.54, 1.807) is 6.92 Å². The largest absolute Gasteiger partial charge is 0.294 e. The maximum Gasteiger partial charge on any atom is 0.245 e. The number of halogens is 1. The van der Waals surface area contributed by atoms with Crippen LogP contribution in [0.4, 0.5) is 4.39 Å². The third-order valence-electron chi connectivity index (χ3n) is 3.32. The Morgan fingerprint density at radius 1 is 1.38 bits per heavy atom. The van der Waals surface area contributed by atoms with Gasteiger partial charge in [0.05, 0.1) is 11.4 Å². The van der Waals surface area contributed by atoms with Gasteiger partial charge in [0.2, 0.25) is 21.8 Å². The minimum atomic E-state index is -4.05. The van der Waals surface area contributed by atoms with E-state index in [0.717, 1.165) is 22.5 Å². The lowest BCUT2D eigenvalue weighted by Gasteiger charge is -2.32. The number of rotatable bonds is 3. The molecule has 114 valence electrons. The lowest BCUT2D eigenvalue weighted by molar-refractivity contribution is -0.137. The third-order valence-corrected chi connectivity index (χ3v) is 5.34. The summed E-state index contributed by atoms with van der Waals surface area (Å²) in [6.07, 6.45) is 0.235. The zero-order chi connectivity index (χ0) is 15.8. The number of carbonyl (C=O) groups excluding carboxylic acids is 2. The van der Waals surface area contributed by atoms with Crippen LogP contribution >= 0.6 is 0 Å². The highest BCUT2D eigenvalue weighted by molar-refractivity contribution is 7.89. The third kappa shape index (κ3) is 2.81. The van der Waals surface area contributed by atoms with Gasteiger partial charge >= 0.3 is 0 Å². The lowest BCUT2D eigenvalue weighted by Crippen LogP contribution is -2.59. The van der Waals surface area contributed by atoms with Gasteiger partial charge in [-0.2, -0.15) is 4.31 Å². The smallest absolute Gasteiger partial charge is 0.245 e. The molecule has 0 bridgehead atoms. The Labute approximate surface area is 122 Å². The van der Waals surface area contributed by atoms with Gasteiger partial charge < -0.3 is 0 Å². The molecule has 21 heavy (non-hydrogen) atoms. The van der Waals surface area contributed by atoms with Crippen molar-refractivity contribution in [2.45, 2.75) is 31.2 Å². The van der Waals surface area contributed by atoms with Gasteiger partial charge in [-0.05, 0) is 37.1 Å². The minimum Gasteiger partial charge on any atom is -0.294 e. The molecule has 1 aromatic carbocycles. The lowest BCUT2D eigenvalue weighted by atomic mass is 10.2. The maximum absolute atomic E-state index is 13.1. The number of aryl methyl sites for hydroxylation is 1. The molecule has 1 saturated heterocycles. The number of amides is 2. The molecular formula is C13H15FN2O4S. The van der Waals surface area contributed by atoms with Crippen LogP contribution in [0.25, 0.3) is 0 Å². The van der Waals surface area contributed by atoms with Gasteiger partial charge in [-0.1, -0.05) is 6.92 Å². The molecule has 0 aromatic heterocycles. The van der Waals surface area contributed by atoms with Gasteiger partial charge in [0.15, 0.2) is 0 Å².